The lowest BCUT2D eigenvalue weighted by Crippen LogP contribution is -2.42. The molecule has 1 aliphatic rings. The molecule has 2 aromatic rings. The molecule has 2 aromatic carbocycles. The average Bonchev–Trinajstić information content (AvgIpc) is 3.18. The zero-order valence-electron chi connectivity index (χ0n) is 16.3. The van der Waals surface area contributed by atoms with Crippen LogP contribution in [-0.2, 0) is 4.74 Å². The minimum atomic E-state index is -0.330. The molecule has 5 nitrogen and oxygen atoms in total. The van der Waals surface area contributed by atoms with Crippen molar-refractivity contribution in [2.45, 2.75) is 26.1 Å². The van der Waals surface area contributed by atoms with Crippen molar-refractivity contribution in [3.8, 4) is 11.5 Å². The fraction of sp³-hybridized carbons (Fsp3) is 0.409. The van der Waals surface area contributed by atoms with Gasteiger partial charge in [0, 0.05) is 20.2 Å². The first-order chi connectivity index (χ1) is 13.3. The maximum absolute atomic E-state index is 6.49. The van der Waals surface area contributed by atoms with Crippen LogP contribution in [-0.4, -0.2) is 50.2 Å². The summed E-state index contributed by atoms with van der Waals surface area (Å²) in [6.07, 6.45) is -0.631. The van der Waals surface area contributed by atoms with Crippen LogP contribution in [0.4, 0.5) is 0 Å². The van der Waals surface area contributed by atoms with E-state index in [1.807, 2.05) is 49.4 Å². The molecule has 0 saturated carbocycles. The third-order valence-electron chi connectivity index (χ3n) is 4.66. The fourth-order valence-corrected chi connectivity index (χ4v) is 3.36. The van der Waals surface area contributed by atoms with Crippen molar-refractivity contribution in [1.82, 2.24) is 4.90 Å². The van der Waals surface area contributed by atoms with Gasteiger partial charge in [-0.05, 0) is 31.5 Å². The number of rotatable bonds is 9. The summed E-state index contributed by atoms with van der Waals surface area (Å²) >= 11 is 0. The van der Waals surface area contributed by atoms with Crippen molar-refractivity contribution < 1.29 is 14.2 Å². The van der Waals surface area contributed by atoms with Gasteiger partial charge in [0.2, 0.25) is 0 Å². The van der Waals surface area contributed by atoms with Gasteiger partial charge in [-0.3, -0.25) is 4.99 Å². The fourth-order valence-electron chi connectivity index (χ4n) is 3.36. The van der Waals surface area contributed by atoms with Gasteiger partial charge in [0.15, 0.2) is 23.7 Å². The molecule has 0 amide bonds. The Morgan fingerprint density at radius 2 is 1.67 bits per heavy atom. The van der Waals surface area contributed by atoms with Crippen LogP contribution in [0.25, 0.3) is 0 Å². The van der Waals surface area contributed by atoms with Gasteiger partial charge in [-0.15, -0.1) is 0 Å². The van der Waals surface area contributed by atoms with Crippen LogP contribution in [0.3, 0.4) is 0 Å². The minimum Gasteiger partial charge on any atom is -0.490 e. The molecule has 0 N–H and O–H groups in total. The lowest BCUT2D eigenvalue weighted by molar-refractivity contribution is 0.0352. The first-order valence-corrected chi connectivity index (χ1v) is 9.54. The smallest absolute Gasteiger partial charge is 0.162 e. The third kappa shape index (κ3) is 4.42. The van der Waals surface area contributed by atoms with E-state index in [4.69, 9.17) is 19.2 Å². The molecule has 0 saturated heterocycles. The van der Waals surface area contributed by atoms with E-state index in [2.05, 4.69) is 24.0 Å². The van der Waals surface area contributed by atoms with E-state index in [9.17, 15) is 0 Å². The Hall–Kier alpha value is -2.53. The van der Waals surface area contributed by atoms with Crippen LogP contribution in [0.5, 0.6) is 11.5 Å². The summed E-state index contributed by atoms with van der Waals surface area (Å²) in [6.45, 7) is 7.30. The highest BCUT2D eigenvalue weighted by Crippen LogP contribution is 2.34. The summed E-state index contributed by atoms with van der Waals surface area (Å²) in [6, 6.07) is 17.9. The zero-order valence-corrected chi connectivity index (χ0v) is 16.3. The number of para-hydroxylation sites is 2. The first kappa shape index (κ1) is 19.2. The Morgan fingerprint density at radius 1 is 0.963 bits per heavy atom. The second-order valence-electron chi connectivity index (χ2n) is 6.30. The molecule has 1 heterocycles. The lowest BCUT2D eigenvalue weighted by Gasteiger charge is -2.31. The molecule has 0 aliphatic carbocycles. The number of aliphatic imine (C=N–C) groups is 1. The highest BCUT2D eigenvalue weighted by atomic mass is 16.6. The number of amidine groups is 1. The van der Waals surface area contributed by atoms with Gasteiger partial charge in [-0.2, -0.15) is 0 Å². The second-order valence-corrected chi connectivity index (χ2v) is 6.30. The Bertz CT molecular complexity index is 748. The normalized spacial score (nSPS) is 16.0. The maximum Gasteiger partial charge on any atom is 0.162 e. The summed E-state index contributed by atoms with van der Waals surface area (Å²) in [7, 11) is 1.72. The van der Waals surface area contributed by atoms with Crippen molar-refractivity contribution in [3.05, 3.63) is 60.2 Å². The molecule has 144 valence electrons. The van der Waals surface area contributed by atoms with Crippen LogP contribution < -0.4 is 9.47 Å². The zero-order chi connectivity index (χ0) is 19.1. The molecule has 0 spiro atoms. The van der Waals surface area contributed by atoms with Crippen molar-refractivity contribution in [3.63, 3.8) is 0 Å². The predicted molar refractivity (Wildman–Crippen MR) is 108 cm³/mol. The molecule has 0 bridgehead atoms. The predicted octanol–water partition coefficient (Wildman–Crippen LogP) is 3.95. The van der Waals surface area contributed by atoms with E-state index in [0.717, 1.165) is 36.8 Å². The van der Waals surface area contributed by atoms with E-state index in [1.165, 1.54) is 0 Å². The van der Waals surface area contributed by atoms with E-state index in [1.54, 1.807) is 7.11 Å². The summed E-state index contributed by atoms with van der Waals surface area (Å²) in [5.41, 5.74) is 1.04. The Morgan fingerprint density at radius 3 is 2.33 bits per heavy atom. The van der Waals surface area contributed by atoms with Crippen molar-refractivity contribution >= 4 is 5.84 Å². The molecular formula is C22H28N2O3. The van der Waals surface area contributed by atoms with Gasteiger partial charge in [0.1, 0.15) is 5.84 Å². The van der Waals surface area contributed by atoms with Crippen molar-refractivity contribution in [2.24, 2.45) is 4.99 Å². The van der Waals surface area contributed by atoms with Crippen molar-refractivity contribution in [1.29, 1.82) is 0 Å². The second kappa shape index (κ2) is 9.42. The van der Waals surface area contributed by atoms with Crippen molar-refractivity contribution in [2.75, 3.05) is 33.4 Å². The molecular weight excluding hydrogens is 340 g/mol. The van der Waals surface area contributed by atoms with Gasteiger partial charge >= 0.3 is 0 Å². The van der Waals surface area contributed by atoms with Crippen LogP contribution in [0.15, 0.2) is 59.6 Å². The minimum absolute atomic E-state index is 0.301. The number of methoxy groups -OCH3 is 1. The molecule has 1 aliphatic heterocycles. The number of nitrogens with zero attached hydrogens (tertiary/aromatic N) is 2. The van der Waals surface area contributed by atoms with Gasteiger partial charge < -0.3 is 19.1 Å². The van der Waals surface area contributed by atoms with E-state index >= 15 is 0 Å². The van der Waals surface area contributed by atoms with Gasteiger partial charge in [0.25, 0.3) is 0 Å². The van der Waals surface area contributed by atoms with Crippen LogP contribution in [0, 0.1) is 0 Å². The molecule has 5 heteroatoms. The van der Waals surface area contributed by atoms with E-state index in [-0.39, 0.29) is 12.2 Å². The van der Waals surface area contributed by atoms with Crippen LogP contribution in [0.1, 0.15) is 25.5 Å². The summed E-state index contributed by atoms with van der Waals surface area (Å²) in [4.78, 5) is 6.96. The molecule has 27 heavy (non-hydrogen) atoms. The van der Waals surface area contributed by atoms with E-state index < -0.39 is 0 Å². The summed E-state index contributed by atoms with van der Waals surface area (Å²) < 4.78 is 18.2. The number of likely N-dealkylation sites (N-methyl/N-ethyl adjacent to an activating group) is 1. The topological polar surface area (TPSA) is 43.3 Å². The van der Waals surface area contributed by atoms with Crippen LogP contribution >= 0.6 is 0 Å². The summed E-state index contributed by atoms with van der Waals surface area (Å²) in [5.74, 6) is 2.39. The van der Waals surface area contributed by atoms with E-state index in [0.29, 0.717) is 12.4 Å². The Kier molecular flexibility index (Phi) is 6.71. The molecule has 2 atom stereocenters. The first-order valence-electron chi connectivity index (χ1n) is 9.54. The Labute approximate surface area is 161 Å². The third-order valence-corrected chi connectivity index (χ3v) is 4.66. The quantitative estimate of drug-likeness (QED) is 0.672. The maximum atomic E-state index is 6.49. The van der Waals surface area contributed by atoms with Crippen LogP contribution in [0.2, 0.25) is 0 Å². The molecule has 0 unspecified atom stereocenters. The highest BCUT2D eigenvalue weighted by molar-refractivity contribution is 5.88. The number of ether oxygens (including phenoxy) is 3. The molecule has 0 radical (unpaired) electrons. The SMILES string of the molecule is CCOc1ccccc1O[C@@H](c1ccccc1)[C@@H](OC)C1=NCCN1CC. The average molecular weight is 368 g/mol. The Balaban J connectivity index is 1.97. The number of hydrogen-bond donors (Lipinski definition) is 0. The number of benzene rings is 2. The monoisotopic (exact) mass is 368 g/mol. The standard InChI is InChI=1S/C22H28N2O3/c1-4-24-16-15-23-22(24)21(25-3)20(17-11-7-6-8-12-17)27-19-14-10-9-13-18(19)26-5-2/h6-14,20-21H,4-5,15-16H2,1-3H3/t20-,21+/m0/s1. The highest BCUT2D eigenvalue weighted by Gasteiger charge is 2.34. The lowest BCUT2D eigenvalue weighted by atomic mass is 10.0. The van der Waals surface area contributed by atoms with Gasteiger partial charge in [0.05, 0.1) is 13.2 Å². The van der Waals surface area contributed by atoms with Gasteiger partial charge in [-0.1, -0.05) is 42.5 Å². The summed E-state index contributed by atoms with van der Waals surface area (Å²) in [5, 5.41) is 0. The molecule has 0 fully saturated rings. The molecule has 3 rings (SSSR count). The number of hydrogen-bond acceptors (Lipinski definition) is 5. The molecule has 0 aromatic heterocycles. The van der Waals surface area contributed by atoms with Gasteiger partial charge in [-0.25, -0.2) is 0 Å². The largest absolute Gasteiger partial charge is 0.490 e.